The van der Waals surface area contributed by atoms with Crippen molar-refractivity contribution in [3.8, 4) is 0 Å². The van der Waals surface area contributed by atoms with Crippen LogP contribution in [0, 0.1) is 9.39 Å². The highest BCUT2D eigenvalue weighted by atomic mass is 127. The van der Waals surface area contributed by atoms with E-state index in [1.807, 2.05) is 0 Å². The average molecular weight is 329 g/mol. The zero-order valence-electron chi connectivity index (χ0n) is 8.32. The summed E-state index contributed by atoms with van der Waals surface area (Å²) in [6.45, 7) is 0.382. The molecule has 16 heavy (non-hydrogen) atoms. The van der Waals surface area contributed by atoms with Crippen molar-refractivity contribution in [2.24, 2.45) is 0 Å². The van der Waals surface area contributed by atoms with Crippen LogP contribution >= 0.6 is 22.6 Å². The van der Waals surface area contributed by atoms with E-state index in [-0.39, 0.29) is 5.82 Å². The van der Waals surface area contributed by atoms with Gasteiger partial charge in [0.15, 0.2) is 0 Å². The van der Waals surface area contributed by atoms with Crippen LogP contribution in [0.2, 0.25) is 0 Å². The van der Waals surface area contributed by atoms with Gasteiger partial charge < -0.3 is 5.32 Å². The Bertz CT molecular complexity index is 473. The number of benzene rings is 1. The summed E-state index contributed by atoms with van der Waals surface area (Å²) < 4.78 is 14.2. The second kappa shape index (κ2) is 5.20. The maximum Gasteiger partial charge on any atom is 0.222 e. The molecule has 2 rings (SSSR count). The molecule has 0 aliphatic heterocycles. The van der Waals surface area contributed by atoms with Crippen molar-refractivity contribution in [1.82, 2.24) is 9.97 Å². The first-order valence-electron chi connectivity index (χ1n) is 4.70. The van der Waals surface area contributed by atoms with Crippen molar-refractivity contribution < 1.29 is 4.39 Å². The molecule has 0 saturated heterocycles. The van der Waals surface area contributed by atoms with Crippen molar-refractivity contribution in [2.45, 2.75) is 6.54 Å². The van der Waals surface area contributed by atoms with Gasteiger partial charge in [0.05, 0.1) is 0 Å². The Balaban J connectivity index is 2.02. The van der Waals surface area contributed by atoms with E-state index in [1.165, 1.54) is 6.07 Å². The van der Waals surface area contributed by atoms with Crippen LogP contribution in [0.25, 0.3) is 0 Å². The largest absolute Gasteiger partial charge is 0.350 e. The molecule has 1 N–H and O–H groups in total. The van der Waals surface area contributed by atoms with E-state index in [9.17, 15) is 4.39 Å². The minimum absolute atomic E-state index is 0.222. The van der Waals surface area contributed by atoms with Crippen LogP contribution in [0.4, 0.5) is 10.3 Å². The first-order chi connectivity index (χ1) is 7.75. The molecule has 0 spiro atoms. The molecular weight excluding hydrogens is 320 g/mol. The van der Waals surface area contributed by atoms with Gasteiger partial charge in [-0.15, -0.1) is 0 Å². The van der Waals surface area contributed by atoms with Crippen molar-refractivity contribution in [2.75, 3.05) is 5.32 Å². The van der Waals surface area contributed by atoms with E-state index in [2.05, 4.69) is 37.9 Å². The van der Waals surface area contributed by atoms with E-state index in [0.717, 1.165) is 3.57 Å². The maximum absolute atomic E-state index is 13.3. The monoisotopic (exact) mass is 329 g/mol. The number of hydrogen-bond donors (Lipinski definition) is 1. The molecule has 0 atom stereocenters. The molecule has 0 fully saturated rings. The standard InChI is InChI=1S/C11H9FIN3/c12-10-4-2-1-3-8(10)5-14-11-15-6-9(13)7-16-11/h1-4,6-7H,5H2,(H,14,15,16). The van der Waals surface area contributed by atoms with Crippen LogP contribution in [0.3, 0.4) is 0 Å². The lowest BCUT2D eigenvalue weighted by Crippen LogP contribution is -2.04. The molecule has 0 amide bonds. The lowest BCUT2D eigenvalue weighted by molar-refractivity contribution is 0.612. The molecule has 0 aliphatic carbocycles. The molecule has 0 saturated carbocycles. The lowest BCUT2D eigenvalue weighted by atomic mass is 10.2. The molecule has 5 heteroatoms. The number of halogens is 2. The summed E-state index contributed by atoms with van der Waals surface area (Å²) in [6, 6.07) is 6.63. The van der Waals surface area contributed by atoms with Crippen LogP contribution in [0.15, 0.2) is 36.7 Å². The summed E-state index contributed by atoms with van der Waals surface area (Å²) in [5.74, 6) is 0.282. The summed E-state index contributed by atoms with van der Waals surface area (Å²) in [7, 11) is 0. The highest BCUT2D eigenvalue weighted by molar-refractivity contribution is 14.1. The third-order valence-corrected chi connectivity index (χ3v) is 2.57. The summed E-state index contributed by atoms with van der Waals surface area (Å²) in [5, 5.41) is 2.96. The third kappa shape index (κ3) is 2.88. The number of rotatable bonds is 3. The topological polar surface area (TPSA) is 37.8 Å². The van der Waals surface area contributed by atoms with Crippen molar-refractivity contribution in [3.05, 3.63) is 51.6 Å². The van der Waals surface area contributed by atoms with Gasteiger partial charge in [-0.1, -0.05) is 18.2 Å². The number of aromatic nitrogens is 2. The van der Waals surface area contributed by atoms with Gasteiger partial charge in [-0.05, 0) is 28.7 Å². The Morgan fingerprint density at radius 3 is 2.56 bits per heavy atom. The predicted octanol–water partition coefficient (Wildman–Crippen LogP) is 2.83. The number of nitrogens with one attached hydrogen (secondary N) is 1. The summed E-state index contributed by atoms with van der Waals surface area (Å²) in [4.78, 5) is 8.14. The SMILES string of the molecule is Fc1ccccc1CNc1ncc(I)cn1. The molecule has 0 unspecified atom stereocenters. The molecule has 82 valence electrons. The predicted molar refractivity (Wildman–Crippen MR) is 68.5 cm³/mol. The molecule has 1 aromatic carbocycles. The quantitative estimate of drug-likeness (QED) is 0.880. The van der Waals surface area contributed by atoms with Gasteiger partial charge in [0.25, 0.3) is 0 Å². The molecule has 0 aliphatic rings. The molecule has 3 nitrogen and oxygen atoms in total. The van der Waals surface area contributed by atoms with Crippen molar-refractivity contribution >= 4 is 28.5 Å². The molecule has 1 aromatic heterocycles. The van der Waals surface area contributed by atoms with E-state index >= 15 is 0 Å². The van der Waals surface area contributed by atoms with E-state index in [1.54, 1.807) is 30.6 Å². The minimum atomic E-state index is -0.222. The highest BCUT2D eigenvalue weighted by Crippen LogP contribution is 2.09. The van der Waals surface area contributed by atoms with Gasteiger partial charge in [0.2, 0.25) is 5.95 Å². The van der Waals surface area contributed by atoms with E-state index < -0.39 is 0 Å². The van der Waals surface area contributed by atoms with Gasteiger partial charge in [-0.3, -0.25) is 0 Å². The van der Waals surface area contributed by atoms with Gasteiger partial charge in [-0.2, -0.15) is 0 Å². The van der Waals surface area contributed by atoms with Gasteiger partial charge >= 0.3 is 0 Å². The molecule has 1 heterocycles. The average Bonchev–Trinajstić information content (AvgIpc) is 2.30. The third-order valence-electron chi connectivity index (χ3n) is 2.02. The number of nitrogens with zero attached hydrogens (tertiary/aromatic N) is 2. The van der Waals surface area contributed by atoms with Gasteiger partial charge in [-0.25, -0.2) is 14.4 Å². The highest BCUT2D eigenvalue weighted by Gasteiger charge is 2.01. The number of hydrogen-bond acceptors (Lipinski definition) is 3. The molecule has 0 radical (unpaired) electrons. The van der Waals surface area contributed by atoms with Gasteiger partial charge in [0.1, 0.15) is 5.82 Å². The molecule has 2 aromatic rings. The first kappa shape index (κ1) is 11.3. The molecular formula is C11H9FIN3. The zero-order chi connectivity index (χ0) is 11.4. The Morgan fingerprint density at radius 1 is 1.19 bits per heavy atom. The summed E-state index contributed by atoms with van der Waals surface area (Å²) in [6.07, 6.45) is 3.41. The van der Waals surface area contributed by atoms with Crippen LogP contribution < -0.4 is 5.32 Å². The van der Waals surface area contributed by atoms with Crippen LogP contribution in [-0.4, -0.2) is 9.97 Å². The smallest absolute Gasteiger partial charge is 0.222 e. The summed E-state index contributed by atoms with van der Waals surface area (Å²) >= 11 is 2.13. The fourth-order valence-electron chi connectivity index (χ4n) is 1.22. The van der Waals surface area contributed by atoms with Gasteiger partial charge in [0, 0.05) is 28.1 Å². The number of anilines is 1. The second-order valence-electron chi connectivity index (χ2n) is 3.17. The van der Waals surface area contributed by atoms with Crippen LogP contribution in [-0.2, 0) is 6.54 Å². The van der Waals surface area contributed by atoms with E-state index in [4.69, 9.17) is 0 Å². The van der Waals surface area contributed by atoms with E-state index in [0.29, 0.717) is 18.1 Å². The molecule has 0 bridgehead atoms. The Hall–Kier alpha value is -1.24. The Labute approximate surface area is 106 Å². The zero-order valence-corrected chi connectivity index (χ0v) is 10.5. The van der Waals surface area contributed by atoms with Crippen molar-refractivity contribution in [1.29, 1.82) is 0 Å². The Kier molecular flexibility index (Phi) is 3.66. The maximum atomic E-state index is 13.3. The second-order valence-corrected chi connectivity index (χ2v) is 4.42. The first-order valence-corrected chi connectivity index (χ1v) is 5.78. The fourth-order valence-corrected chi connectivity index (χ4v) is 1.50. The Morgan fingerprint density at radius 2 is 1.88 bits per heavy atom. The van der Waals surface area contributed by atoms with Crippen LogP contribution in [0.5, 0.6) is 0 Å². The minimum Gasteiger partial charge on any atom is -0.350 e. The van der Waals surface area contributed by atoms with Crippen LogP contribution in [0.1, 0.15) is 5.56 Å². The normalized spacial score (nSPS) is 10.1. The lowest BCUT2D eigenvalue weighted by Gasteiger charge is -2.05. The van der Waals surface area contributed by atoms with Crippen molar-refractivity contribution in [3.63, 3.8) is 0 Å². The fraction of sp³-hybridized carbons (Fsp3) is 0.0909. The summed E-state index contributed by atoms with van der Waals surface area (Å²) in [5.41, 5.74) is 0.602.